The zero-order chi connectivity index (χ0) is 27.9. The first kappa shape index (κ1) is 27.8. The highest BCUT2D eigenvalue weighted by molar-refractivity contribution is 8.56. The Morgan fingerprint density at radius 1 is 1.38 bits per heavy atom. The molecule has 0 amide bonds. The Morgan fingerprint density at radius 3 is 2.85 bits per heavy atom. The van der Waals surface area contributed by atoms with Crippen LogP contribution in [0.4, 0.5) is 5.95 Å². The molecule has 5 rings (SSSR count). The Balaban J connectivity index is 1.23. The lowest BCUT2D eigenvalue weighted by Crippen LogP contribution is -2.44. The van der Waals surface area contributed by atoms with Gasteiger partial charge in [0.1, 0.15) is 30.0 Å². The van der Waals surface area contributed by atoms with E-state index >= 15 is 0 Å². The minimum absolute atomic E-state index is 0.0761. The highest BCUT2D eigenvalue weighted by Gasteiger charge is 2.54. The molecule has 16 heteroatoms. The van der Waals surface area contributed by atoms with Gasteiger partial charge >= 0.3 is 12.7 Å². The number of aliphatic hydroxyl groups is 2. The molecule has 1 unspecified atom stereocenters. The van der Waals surface area contributed by atoms with Crippen LogP contribution in [-0.2, 0) is 23.4 Å². The van der Waals surface area contributed by atoms with Gasteiger partial charge in [-0.25, -0.2) is 10.1 Å². The van der Waals surface area contributed by atoms with E-state index in [0.717, 1.165) is 16.9 Å². The zero-order valence-corrected chi connectivity index (χ0v) is 23.0. The smallest absolute Gasteiger partial charge is 0.327 e. The third-order valence-electron chi connectivity index (χ3n) is 6.59. The predicted octanol–water partition coefficient (Wildman–Crippen LogP) is 1.56. The number of nitrogens with zero attached hydrogens (tertiary/aromatic N) is 4. The molecule has 2 aliphatic rings. The number of benzene rings is 1. The molecule has 0 saturated carbocycles. The second kappa shape index (κ2) is 10.7. The number of aliphatic hydroxyl groups excluding tert-OH is 1. The van der Waals surface area contributed by atoms with Crippen molar-refractivity contribution >= 4 is 41.2 Å². The minimum Gasteiger partial charge on any atom is -0.479 e. The SMILES string of the molecule is COc1nc(N)nc2c1ncn2[C@@H]1O[C@H](COP2(=O)N[C@@H](C(=O)O[C@@H](C)c3ccccc3)CS2)[C@@H](O)[C@@]1(C)O. The lowest BCUT2D eigenvalue weighted by molar-refractivity contribution is -0.150. The third-order valence-corrected chi connectivity index (χ3v) is 10.6. The van der Waals surface area contributed by atoms with Gasteiger partial charge in [-0.15, -0.1) is 0 Å². The molecule has 2 aromatic heterocycles. The van der Waals surface area contributed by atoms with Crippen LogP contribution in [0.2, 0.25) is 0 Å². The Morgan fingerprint density at radius 2 is 2.13 bits per heavy atom. The lowest BCUT2D eigenvalue weighted by atomic mass is 9.96. The summed E-state index contributed by atoms with van der Waals surface area (Å²) in [5.41, 5.74) is 5.33. The summed E-state index contributed by atoms with van der Waals surface area (Å²) in [4.78, 5) is 25.0. The van der Waals surface area contributed by atoms with Gasteiger partial charge in [0.2, 0.25) is 11.8 Å². The molecule has 2 aliphatic heterocycles. The van der Waals surface area contributed by atoms with Crippen LogP contribution in [-0.4, -0.2) is 79.0 Å². The largest absolute Gasteiger partial charge is 0.479 e. The summed E-state index contributed by atoms with van der Waals surface area (Å²) >= 11 is 0.956. The molecule has 0 bridgehead atoms. The van der Waals surface area contributed by atoms with Gasteiger partial charge in [-0.1, -0.05) is 41.7 Å². The number of hydrogen-bond acceptors (Lipinski definition) is 13. The Kier molecular flexibility index (Phi) is 7.59. The van der Waals surface area contributed by atoms with Gasteiger partial charge in [-0.3, -0.25) is 13.9 Å². The van der Waals surface area contributed by atoms with Crippen molar-refractivity contribution in [1.29, 1.82) is 0 Å². The molecule has 1 aromatic carbocycles. The molecule has 3 aromatic rings. The van der Waals surface area contributed by atoms with E-state index in [1.165, 1.54) is 24.9 Å². The van der Waals surface area contributed by atoms with Gasteiger partial charge in [-0.2, -0.15) is 9.97 Å². The number of methoxy groups -OCH3 is 1. The maximum Gasteiger partial charge on any atom is 0.327 e. The van der Waals surface area contributed by atoms with E-state index in [-0.39, 0.29) is 35.4 Å². The molecule has 39 heavy (non-hydrogen) atoms. The molecule has 14 nitrogen and oxygen atoms in total. The molecule has 0 radical (unpaired) electrons. The lowest BCUT2D eigenvalue weighted by Gasteiger charge is -2.27. The van der Waals surface area contributed by atoms with Crippen LogP contribution < -0.4 is 15.6 Å². The summed E-state index contributed by atoms with van der Waals surface area (Å²) < 4.78 is 37.0. The fourth-order valence-corrected chi connectivity index (χ4v) is 8.33. The first-order valence-electron chi connectivity index (χ1n) is 12.0. The number of anilines is 1. The van der Waals surface area contributed by atoms with Gasteiger partial charge in [0, 0.05) is 5.75 Å². The Bertz CT molecular complexity index is 1410. The Labute approximate surface area is 227 Å². The normalized spacial score (nSPS) is 31.4. The van der Waals surface area contributed by atoms with E-state index in [4.69, 9.17) is 24.5 Å². The average molecular weight is 581 g/mol. The highest BCUT2D eigenvalue weighted by Crippen LogP contribution is 2.61. The summed E-state index contributed by atoms with van der Waals surface area (Å²) in [7, 11) is 1.41. The zero-order valence-electron chi connectivity index (χ0n) is 21.3. The number of nitrogens with two attached hydrogens (primary N) is 1. The number of carbonyl (C=O) groups excluding carboxylic acids is 1. The van der Waals surface area contributed by atoms with E-state index in [2.05, 4.69) is 20.0 Å². The van der Waals surface area contributed by atoms with Gasteiger partial charge in [0.05, 0.1) is 20.0 Å². The first-order valence-corrected chi connectivity index (χ1v) is 15.3. The molecular formula is C23H29N6O8PS. The number of carbonyl (C=O) groups is 1. The van der Waals surface area contributed by atoms with Gasteiger partial charge in [0.15, 0.2) is 17.4 Å². The number of nitrogen functional groups attached to an aromatic ring is 1. The summed E-state index contributed by atoms with van der Waals surface area (Å²) in [6.07, 6.45) is -2.75. The van der Waals surface area contributed by atoms with Gasteiger partial charge in [0.25, 0.3) is 0 Å². The molecular weight excluding hydrogens is 551 g/mol. The van der Waals surface area contributed by atoms with Crippen LogP contribution in [0.15, 0.2) is 36.7 Å². The molecule has 4 heterocycles. The van der Waals surface area contributed by atoms with Crippen molar-refractivity contribution in [3.63, 3.8) is 0 Å². The second-order valence-electron chi connectivity index (χ2n) is 9.37. The molecule has 0 spiro atoms. The first-order chi connectivity index (χ1) is 18.5. The number of rotatable bonds is 8. The van der Waals surface area contributed by atoms with Crippen LogP contribution in [0, 0.1) is 0 Å². The molecule has 7 atom stereocenters. The fraction of sp³-hybridized carbons (Fsp3) is 0.478. The summed E-state index contributed by atoms with van der Waals surface area (Å²) in [6.45, 7) is -0.719. The maximum absolute atomic E-state index is 13.3. The molecule has 2 fully saturated rings. The minimum atomic E-state index is -3.53. The van der Waals surface area contributed by atoms with Crippen LogP contribution in [0.3, 0.4) is 0 Å². The van der Waals surface area contributed by atoms with Crippen LogP contribution in [0.5, 0.6) is 5.88 Å². The standard InChI is InChI=1S/C23H29N6O8PS/c1-12(13-7-5-4-6-8-13)36-20(31)14-10-39-38(33,28-14)35-9-15-17(30)23(2,32)21(37-15)29-11-25-16-18(29)26-22(24)27-19(16)34-3/h4-8,11-12,14-15,17,21,30,32H,9-10H2,1-3H3,(H,28,33)(H2,24,26,27)/t12-,14+,15+,17+,21+,23+,38?/m0/s1. The number of imidazole rings is 1. The molecule has 2 saturated heterocycles. The summed E-state index contributed by atoms with van der Waals surface area (Å²) in [5.74, 6) is -0.310. The number of hydrogen-bond donors (Lipinski definition) is 4. The fourth-order valence-electron chi connectivity index (χ4n) is 4.45. The summed E-state index contributed by atoms with van der Waals surface area (Å²) in [5, 5.41) is 24.7. The number of ether oxygens (including phenoxy) is 3. The van der Waals surface area contributed by atoms with Crippen molar-refractivity contribution in [3.05, 3.63) is 42.2 Å². The van der Waals surface area contributed by atoms with E-state index in [1.54, 1.807) is 6.92 Å². The summed E-state index contributed by atoms with van der Waals surface area (Å²) in [6, 6.07) is 8.43. The van der Waals surface area contributed by atoms with Crippen molar-refractivity contribution in [1.82, 2.24) is 24.6 Å². The second-order valence-corrected chi connectivity index (χ2v) is 13.7. The van der Waals surface area contributed by atoms with E-state index in [1.807, 2.05) is 30.3 Å². The van der Waals surface area contributed by atoms with E-state index < -0.39 is 48.9 Å². The number of fused-ring (bicyclic) bond motifs is 1. The average Bonchev–Trinajstić information content (AvgIpc) is 3.57. The molecule has 0 aliphatic carbocycles. The monoisotopic (exact) mass is 580 g/mol. The van der Waals surface area contributed by atoms with Crippen molar-refractivity contribution in [2.45, 2.75) is 50.0 Å². The highest BCUT2D eigenvalue weighted by atomic mass is 32.7. The van der Waals surface area contributed by atoms with Crippen LogP contribution in [0.25, 0.3) is 11.2 Å². The number of aromatic nitrogens is 4. The van der Waals surface area contributed by atoms with Crippen molar-refractivity contribution in [3.8, 4) is 5.88 Å². The maximum atomic E-state index is 13.3. The predicted molar refractivity (Wildman–Crippen MR) is 141 cm³/mol. The van der Waals surface area contributed by atoms with Crippen LogP contribution >= 0.6 is 18.1 Å². The Hall–Kier alpha value is -2.78. The molecule has 210 valence electrons. The topological polar surface area (TPSA) is 193 Å². The molecule has 5 N–H and O–H groups in total. The van der Waals surface area contributed by atoms with Gasteiger partial charge < -0.3 is 34.7 Å². The van der Waals surface area contributed by atoms with E-state index in [0.29, 0.717) is 0 Å². The van der Waals surface area contributed by atoms with Crippen molar-refractivity contribution in [2.24, 2.45) is 0 Å². The number of esters is 1. The third kappa shape index (κ3) is 5.35. The number of nitrogens with one attached hydrogen (secondary N) is 1. The van der Waals surface area contributed by atoms with Crippen LogP contribution in [0.1, 0.15) is 31.7 Å². The van der Waals surface area contributed by atoms with Crippen molar-refractivity contribution < 1.29 is 38.3 Å². The van der Waals surface area contributed by atoms with Crippen molar-refractivity contribution in [2.75, 3.05) is 25.2 Å². The van der Waals surface area contributed by atoms with E-state index in [9.17, 15) is 19.6 Å². The van der Waals surface area contributed by atoms with Gasteiger partial charge in [-0.05, 0) is 19.4 Å². The quantitative estimate of drug-likeness (QED) is 0.221.